The van der Waals surface area contributed by atoms with Gasteiger partial charge in [0, 0.05) is 25.2 Å². The van der Waals surface area contributed by atoms with Crippen LogP contribution in [0.4, 0.5) is 0 Å². The molecular formula is C18H36N2O. The maximum Gasteiger partial charge on any atom is 0.0622 e. The Balaban J connectivity index is 1.97. The van der Waals surface area contributed by atoms with Crippen LogP contribution in [0.3, 0.4) is 0 Å². The molecule has 2 aliphatic rings. The van der Waals surface area contributed by atoms with Gasteiger partial charge in [0.2, 0.25) is 0 Å². The van der Waals surface area contributed by atoms with E-state index in [0.29, 0.717) is 11.5 Å². The van der Waals surface area contributed by atoms with E-state index in [0.717, 1.165) is 31.7 Å². The zero-order valence-corrected chi connectivity index (χ0v) is 14.7. The van der Waals surface area contributed by atoms with E-state index in [1.54, 1.807) is 0 Å². The van der Waals surface area contributed by atoms with Crippen molar-refractivity contribution in [2.45, 2.75) is 71.9 Å². The van der Waals surface area contributed by atoms with E-state index in [-0.39, 0.29) is 0 Å². The lowest BCUT2D eigenvalue weighted by atomic mass is 9.69. The molecule has 2 rings (SSSR count). The predicted octanol–water partition coefficient (Wildman–Crippen LogP) is 3.29. The van der Waals surface area contributed by atoms with Crippen LogP contribution < -0.4 is 5.32 Å². The van der Waals surface area contributed by atoms with E-state index >= 15 is 0 Å². The summed E-state index contributed by atoms with van der Waals surface area (Å²) in [6.07, 6.45) is 6.52. The van der Waals surface area contributed by atoms with Crippen molar-refractivity contribution < 1.29 is 4.74 Å². The van der Waals surface area contributed by atoms with Gasteiger partial charge in [0.05, 0.1) is 13.2 Å². The second kappa shape index (κ2) is 7.94. The zero-order chi connectivity index (χ0) is 15.3. The van der Waals surface area contributed by atoms with Crippen molar-refractivity contribution in [2.24, 2.45) is 11.3 Å². The van der Waals surface area contributed by atoms with Crippen LogP contribution in [-0.4, -0.2) is 49.8 Å². The van der Waals surface area contributed by atoms with Gasteiger partial charge >= 0.3 is 0 Å². The molecule has 1 aliphatic carbocycles. The van der Waals surface area contributed by atoms with Gasteiger partial charge in [-0.15, -0.1) is 0 Å². The van der Waals surface area contributed by atoms with Gasteiger partial charge in [-0.25, -0.2) is 0 Å². The molecule has 2 fully saturated rings. The Kier molecular flexibility index (Phi) is 6.51. The predicted molar refractivity (Wildman–Crippen MR) is 89.7 cm³/mol. The number of hydrogen-bond acceptors (Lipinski definition) is 3. The first kappa shape index (κ1) is 17.2. The fraction of sp³-hybridized carbons (Fsp3) is 1.00. The monoisotopic (exact) mass is 296 g/mol. The average Bonchev–Trinajstić information content (AvgIpc) is 2.46. The van der Waals surface area contributed by atoms with E-state index in [1.165, 1.54) is 45.2 Å². The standard InChI is InChI=1S/C18H36N2O/c1-5-9-19-17-7-8-18(3,4)12-15(17)13-20-10-11-21-14-16(20)6-2/h15-17,19H,5-14H2,1-4H3. The number of ether oxygens (including phenoxy) is 1. The highest BCUT2D eigenvalue weighted by Gasteiger charge is 2.36. The van der Waals surface area contributed by atoms with E-state index in [9.17, 15) is 0 Å². The summed E-state index contributed by atoms with van der Waals surface area (Å²) in [6.45, 7) is 14.9. The van der Waals surface area contributed by atoms with Crippen molar-refractivity contribution in [3.8, 4) is 0 Å². The summed E-state index contributed by atoms with van der Waals surface area (Å²) in [5.74, 6) is 0.799. The summed E-state index contributed by atoms with van der Waals surface area (Å²) in [5.41, 5.74) is 0.517. The lowest BCUT2D eigenvalue weighted by Crippen LogP contribution is -2.52. The summed E-state index contributed by atoms with van der Waals surface area (Å²) in [7, 11) is 0. The normalized spacial score (nSPS) is 34.0. The Morgan fingerprint density at radius 3 is 2.81 bits per heavy atom. The molecule has 1 N–H and O–H groups in total. The summed E-state index contributed by atoms with van der Waals surface area (Å²) in [6, 6.07) is 1.36. The minimum absolute atomic E-state index is 0.517. The SMILES string of the molecule is CCCNC1CCC(C)(C)CC1CN1CCOCC1CC. The van der Waals surface area contributed by atoms with Crippen LogP contribution in [0.2, 0.25) is 0 Å². The molecule has 0 aromatic heterocycles. The van der Waals surface area contributed by atoms with Gasteiger partial charge in [-0.3, -0.25) is 4.90 Å². The lowest BCUT2D eigenvalue weighted by Gasteiger charge is -2.45. The van der Waals surface area contributed by atoms with Crippen LogP contribution >= 0.6 is 0 Å². The first-order valence-corrected chi connectivity index (χ1v) is 9.11. The second-order valence-corrected chi connectivity index (χ2v) is 7.86. The molecule has 0 spiro atoms. The molecule has 1 heterocycles. The van der Waals surface area contributed by atoms with E-state index in [4.69, 9.17) is 4.74 Å². The molecular weight excluding hydrogens is 260 g/mol. The van der Waals surface area contributed by atoms with Crippen molar-refractivity contribution in [3.63, 3.8) is 0 Å². The van der Waals surface area contributed by atoms with Crippen LogP contribution in [0.15, 0.2) is 0 Å². The van der Waals surface area contributed by atoms with Gasteiger partial charge in [-0.1, -0.05) is 27.7 Å². The number of rotatable bonds is 6. The van der Waals surface area contributed by atoms with Crippen LogP contribution in [0.25, 0.3) is 0 Å². The van der Waals surface area contributed by atoms with Crippen molar-refractivity contribution in [1.29, 1.82) is 0 Å². The minimum Gasteiger partial charge on any atom is -0.378 e. The summed E-state index contributed by atoms with van der Waals surface area (Å²) in [4.78, 5) is 2.70. The van der Waals surface area contributed by atoms with Crippen molar-refractivity contribution in [1.82, 2.24) is 10.2 Å². The Hall–Kier alpha value is -0.120. The highest BCUT2D eigenvalue weighted by Crippen LogP contribution is 2.39. The fourth-order valence-corrected chi connectivity index (χ4v) is 4.13. The quantitative estimate of drug-likeness (QED) is 0.814. The van der Waals surface area contributed by atoms with E-state index in [2.05, 4.69) is 37.9 Å². The highest BCUT2D eigenvalue weighted by atomic mass is 16.5. The minimum atomic E-state index is 0.517. The molecule has 0 aromatic carbocycles. The molecule has 124 valence electrons. The van der Waals surface area contributed by atoms with Crippen LogP contribution in [0.5, 0.6) is 0 Å². The van der Waals surface area contributed by atoms with Gasteiger partial charge in [-0.05, 0) is 50.0 Å². The van der Waals surface area contributed by atoms with Crippen LogP contribution in [0.1, 0.15) is 59.8 Å². The smallest absolute Gasteiger partial charge is 0.0622 e. The first-order valence-electron chi connectivity index (χ1n) is 9.11. The molecule has 1 saturated carbocycles. The molecule has 1 aliphatic heterocycles. The summed E-state index contributed by atoms with van der Waals surface area (Å²) < 4.78 is 5.67. The van der Waals surface area contributed by atoms with Crippen molar-refractivity contribution in [2.75, 3.05) is 32.8 Å². The first-order chi connectivity index (χ1) is 10.1. The van der Waals surface area contributed by atoms with Gasteiger partial charge in [0.1, 0.15) is 0 Å². The molecule has 3 heteroatoms. The maximum atomic E-state index is 5.67. The molecule has 21 heavy (non-hydrogen) atoms. The average molecular weight is 296 g/mol. The van der Waals surface area contributed by atoms with Gasteiger partial charge < -0.3 is 10.1 Å². The third kappa shape index (κ3) is 4.94. The number of nitrogens with one attached hydrogen (secondary N) is 1. The molecule has 1 saturated heterocycles. The number of hydrogen-bond donors (Lipinski definition) is 1. The molecule has 0 radical (unpaired) electrons. The van der Waals surface area contributed by atoms with E-state index < -0.39 is 0 Å². The third-order valence-electron chi connectivity index (χ3n) is 5.46. The topological polar surface area (TPSA) is 24.5 Å². The summed E-state index contributed by atoms with van der Waals surface area (Å²) >= 11 is 0. The highest BCUT2D eigenvalue weighted by molar-refractivity contribution is 4.91. The molecule has 0 amide bonds. The lowest BCUT2D eigenvalue weighted by molar-refractivity contribution is -0.0256. The van der Waals surface area contributed by atoms with Crippen LogP contribution in [0, 0.1) is 11.3 Å². The van der Waals surface area contributed by atoms with Crippen molar-refractivity contribution >= 4 is 0 Å². The third-order valence-corrected chi connectivity index (χ3v) is 5.46. The van der Waals surface area contributed by atoms with Crippen LogP contribution in [-0.2, 0) is 4.74 Å². The largest absolute Gasteiger partial charge is 0.378 e. The maximum absolute atomic E-state index is 5.67. The zero-order valence-electron chi connectivity index (χ0n) is 14.7. The molecule has 3 unspecified atom stereocenters. The Labute approximate surface area is 131 Å². The second-order valence-electron chi connectivity index (χ2n) is 7.86. The Morgan fingerprint density at radius 2 is 2.10 bits per heavy atom. The van der Waals surface area contributed by atoms with Gasteiger partial charge in [0.25, 0.3) is 0 Å². The molecule has 0 bridgehead atoms. The van der Waals surface area contributed by atoms with E-state index in [1.807, 2.05) is 0 Å². The Bertz CT molecular complexity index is 306. The number of nitrogens with zero attached hydrogens (tertiary/aromatic N) is 1. The molecule has 0 aromatic rings. The van der Waals surface area contributed by atoms with Gasteiger partial charge in [-0.2, -0.15) is 0 Å². The summed E-state index contributed by atoms with van der Waals surface area (Å²) in [5, 5.41) is 3.82. The van der Waals surface area contributed by atoms with Gasteiger partial charge in [0.15, 0.2) is 0 Å². The molecule has 3 nitrogen and oxygen atoms in total. The fourth-order valence-electron chi connectivity index (χ4n) is 4.13. The van der Waals surface area contributed by atoms with Crippen molar-refractivity contribution in [3.05, 3.63) is 0 Å². The molecule has 3 atom stereocenters. The Morgan fingerprint density at radius 1 is 1.29 bits per heavy atom. The number of morpholine rings is 1.